The topological polar surface area (TPSA) is 81.7 Å². The molecule has 0 unspecified atom stereocenters. The van der Waals surface area contributed by atoms with Gasteiger partial charge in [0.2, 0.25) is 10.0 Å². The molecule has 2 aromatic rings. The van der Waals surface area contributed by atoms with Gasteiger partial charge in [0.15, 0.2) is 0 Å². The van der Waals surface area contributed by atoms with Crippen molar-refractivity contribution in [2.45, 2.75) is 23.7 Å². The second-order valence-electron chi connectivity index (χ2n) is 5.68. The van der Waals surface area contributed by atoms with Crippen molar-refractivity contribution in [2.75, 3.05) is 7.11 Å². The van der Waals surface area contributed by atoms with E-state index in [0.29, 0.717) is 5.56 Å². The van der Waals surface area contributed by atoms with Crippen molar-refractivity contribution < 1.29 is 35.9 Å². The van der Waals surface area contributed by atoms with Crippen molar-refractivity contribution in [3.8, 4) is 5.75 Å². The molecule has 0 heterocycles. The molecule has 0 amide bonds. The van der Waals surface area contributed by atoms with Crippen molar-refractivity contribution in [1.29, 1.82) is 0 Å². The molecule has 6 nitrogen and oxygen atoms in total. The molecule has 0 fully saturated rings. The van der Waals surface area contributed by atoms with E-state index in [0.717, 1.165) is 31.4 Å². The maximum atomic E-state index is 12.7. The number of halogens is 5. The lowest BCUT2D eigenvalue weighted by molar-refractivity contribution is -0.274. The third-order valence-corrected chi connectivity index (χ3v) is 5.47. The quantitative estimate of drug-likeness (QED) is 0.602. The number of esters is 1. The minimum Gasteiger partial charge on any atom is -0.469 e. The summed E-state index contributed by atoms with van der Waals surface area (Å²) >= 11 is 11.9. The Morgan fingerprint density at radius 1 is 1.10 bits per heavy atom. The predicted octanol–water partition coefficient (Wildman–Crippen LogP) is 4.47. The van der Waals surface area contributed by atoms with Crippen LogP contribution in [0.1, 0.15) is 18.0 Å². The van der Waals surface area contributed by atoms with E-state index in [-0.39, 0.29) is 21.4 Å². The monoisotopic (exact) mass is 471 g/mol. The molecule has 0 saturated heterocycles. The fraction of sp³-hybridized carbons (Fsp3) is 0.235. The van der Waals surface area contributed by atoms with Crippen LogP contribution in [0, 0.1) is 0 Å². The van der Waals surface area contributed by atoms with E-state index in [1.165, 1.54) is 18.2 Å². The van der Waals surface area contributed by atoms with E-state index in [1.807, 2.05) is 0 Å². The zero-order chi connectivity index (χ0) is 21.8. The van der Waals surface area contributed by atoms with Crippen LogP contribution in [-0.2, 0) is 19.6 Å². The first-order valence-electron chi connectivity index (χ1n) is 7.80. The largest absolute Gasteiger partial charge is 0.573 e. The maximum absolute atomic E-state index is 12.7. The highest BCUT2D eigenvalue weighted by atomic mass is 35.5. The van der Waals surface area contributed by atoms with Gasteiger partial charge in [-0.05, 0) is 48.0 Å². The van der Waals surface area contributed by atoms with Crippen LogP contribution in [0.2, 0.25) is 10.0 Å². The predicted molar refractivity (Wildman–Crippen MR) is 99.3 cm³/mol. The third kappa shape index (κ3) is 7.07. The number of hydrogen-bond acceptors (Lipinski definition) is 5. The summed E-state index contributed by atoms with van der Waals surface area (Å²) in [6.07, 6.45) is -5.28. The maximum Gasteiger partial charge on any atom is 0.573 e. The summed E-state index contributed by atoms with van der Waals surface area (Å²) in [5.74, 6) is -1.29. The fourth-order valence-electron chi connectivity index (χ4n) is 2.33. The number of ether oxygens (including phenoxy) is 2. The summed E-state index contributed by atoms with van der Waals surface area (Å²) in [5.41, 5.74) is 0.300. The van der Waals surface area contributed by atoms with E-state index in [9.17, 15) is 26.4 Å². The van der Waals surface area contributed by atoms with Crippen LogP contribution in [-0.4, -0.2) is 27.9 Å². The van der Waals surface area contributed by atoms with Crippen LogP contribution in [0.15, 0.2) is 47.4 Å². The number of rotatable bonds is 7. The normalized spacial score (nSPS) is 13.0. The van der Waals surface area contributed by atoms with Crippen LogP contribution in [0.3, 0.4) is 0 Å². The van der Waals surface area contributed by atoms with Crippen LogP contribution in [0.4, 0.5) is 13.2 Å². The molecule has 2 rings (SSSR count). The summed E-state index contributed by atoms with van der Waals surface area (Å²) in [6.45, 7) is 0. The Labute approximate surface area is 174 Å². The number of hydrogen-bond donors (Lipinski definition) is 1. The Morgan fingerprint density at radius 3 is 2.14 bits per heavy atom. The molecule has 0 aliphatic rings. The second-order valence-corrected chi connectivity index (χ2v) is 8.26. The van der Waals surface area contributed by atoms with Crippen LogP contribution >= 0.6 is 23.2 Å². The Kier molecular flexibility index (Phi) is 7.39. The van der Waals surface area contributed by atoms with Crippen LogP contribution in [0.5, 0.6) is 5.75 Å². The Bertz CT molecular complexity index is 961. The summed E-state index contributed by atoms with van der Waals surface area (Å²) in [7, 11) is -3.09. The number of carbonyl (C=O) groups is 1. The second kappa shape index (κ2) is 9.21. The molecule has 0 spiro atoms. The van der Waals surface area contributed by atoms with Gasteiger partial charge in [0.05, 0.1) is 24.5 Å². The molecule has 158 valence electrons. The third-order valence-electron chi connectivity index (χ3n) is 3.55. The number of benzene rings is 2. The number of sulfonamides is 1. The smallest absolute Gasteiger partial charge is 0.469 e. The molecule has 12 heteroatoms. The molecule has 0 radical (unpaired) electrons. The van der Waals surface area contributed by atoms with Gasteiger partial charge in [-0.3, -0.25) is 4.79 Å². The summed E-state index contributed by atoms with van der Waals surface area (Å²) < 4.78 is 72.6. The number of carbonyl (C=O) groups excluding carboxylic acids is 1. The molecule has 0 aliphatic carbocycles. The van der Waals surface area contributed by atoms with Gasteiger partial charge in [-0.15, -0.1) is 13.2 Å². The van der Waals surface area contributed by atoms with E-state index in [2.05, 4.69) is 14.2 Å². The minimum atomic E-state index is -4.91. The van der Waals surface area contributed by atoms with E-state index < -0.39 is 34.1 Å². The number of alkyl halides is 3. The first-order chi connectivity index (χ1) is 13.4. The van der Waals surface area contributed by atoms with Gasteiger partial charge in [0.1, 0.15) is 5.75 Å². The van der Waals surface area contributed by atoms with Crippen LogP contribution < -0.4 is 9.46 Å². The molecule has 0 bridgehead atoms. The lowest BCUT2D eigenvalue weighted by atomic mass is 10.1. The van der Waals surface area contributed by atoms with Crippen molar-refractivity contribution in [3.05, 3.63) is 58.1 Å². The molecule has 0 aromatic heterocycles. The van der Waals surface area contributed by atoms with Crippen LogP contribution in [0.25, 0.3) is 0 Å². The van der Waals surface area contributed by atoms with Gasteiger partial charge in [0.25, 0.3) is 0 Å². The Morgan fingerprint density at radius 2 is 1.66 bits per heavy atom. The van der Waals surface area contributed by atoms with Gasteiger partial charge in [-0.1, -0.05) is 23.2 Å². The molecule has 1 atom stereocenters. The molecule has 29 heavy (non-hydrogen) atoms. The van der Waals surface area contributed by atoms with Crippen molar-refractivity contribution in [3.63, 3.8) is 0 Å². The average molecular weight is 472 g/mol. The lowest BCUT2D eigenvalue weighted by Crippen LogP contribution is -2.30. The fourth-order valence-corrected chi connectivity index (χ4v) is 4.10. The van der Waals surface area contributed by atoms with E-state index in [4.69, 9.17) is 23.2 Å². The standard InChI is InChI=1S/C17H14Cl2F3NO5S/c1-27-16(24)9-15(10-6-11(18)8-12(19)7-10)23-29(25,26)14-4-2-13(3-5-14)28-17(20,21)22/h2-8,15,23H,9H2,1H3/t15-/m1/s1. The zero-order valence-electron chi connectivity index (χ0n) is 14.7. The lowest BCUT2D eigenvalue weighted by Gasteiger charge is -2.19. The first-order valence-corrected chi connectivity index (χ1v) is 10.0. The highest BCUT2D eigenvalue weighted by molar-refractivity contribution is 7.89. The van der Waals surface area contributed by atoms with Gasteiger partial charge in [0, 0.05) is 10.0 Å². The zero-order valence-corrected chi connectivity index (χ0v) is 17.0. The summed E-state index contributed by atoms with van der Waals surface area (Å²) in [4.78, 5) is 11.4. The van der Waals surface area contributed by atoms with Gasteiger partial charge >= 0.3 is 12.3 Å². The summed E-state index contributed by atoms with van der Waals surface area (Å²) in [6, 6.07) is 6.76. The first kappa shape index (κ1) is 23.3. The summed E-state index contributed by atoms with van der Waals surface area (Å²) in [5, 5.41) is 0.436. The Hall–Kier alpha value is -2.01. The highest BCUT2D eigenvalue weighted by Gasteiger charge is 2.31. The molecule has 2 aromatic carbocycles. The minimum absolute atomic E-state index is 0.218. The highest BCUT2D eigenvalue weighted by Crippen LogP contribution is 2.28. The Balaban J connectivity index is 2.32. The molecule has 0 aliphatic heterocycles. The molecular weight excluding hydrogens is 458 g/mol. The van der Waals surface area contributed by atoms with Gasteiger partial charge in [-0.2, -0.15) is 0 Å². The van der Waals surface area contributed by atoms with Crippen molar-refractivity contribution in [2.24, 2.45) is 0 Å². The average Bonchev–Trinajstić information content (AvgIpc) is 2.59. The van der Waals surface area contributed by atoms with E-state index in [1.54, 1.807) is 0 Å². The molecule has 0 saturated carbocycles. The molecule has 1 N–H and O–H groups in total. The van der Waals surface area contributed by atoms with Gasteiger partial charge in [-0.25, -0.2) is 13.1 Å². The van der Waals surface area contributed by atoms with Crippen molar-refractivity contribution >= 4 is 39.2 Å². The van der Waals surface area contributed by atoms with E-state index >= 15 is 0 Å². The number of methoxy groups -OCH3 is 1. The number of nitrogens with one attached hydrogen (secondary N) is 1. The molecular formula is C17H14Cl2F3NO5S. The SMILES string of the molecule is COC(=O)C[C@@H](NS(=O)(=O)c1ccc(OC(F)(F)F)cc1)c1cc(Cl)cc(Cl)c1. The van der Waals surface area contributed by atoms with Gasteiger partial charge < -0.3 is 9.47 Å². The van der Waals surface area contributed by atoms with Crippen molar-refractivity contribution in [1.82, 2.24) is 4.72 Å².